The highest BCUT2D eigenvalue weighted by molar-refractivity contribution is 7.89. The van der Waals surface area contributed by atoms with E-state index >= 15 is 0 Å². The van der Waals surface area contributed by atoms with E-state index in [1.54, 1.807) is 6.07 Å². The number of rotatable bonds is 6. The summed E-state index contributed by atoms with van der Waals surface area (Å²) in [5.74, 6) is 0.215. The first-order valence-electron chi connectivity index (χ1n) is 7.63. The van der Waals surface area contributed by atoms with Gasteiger partial charge in [0.2, 0.25) is 10.0 Å². The summed E-state index contributed by atoms with van der Waals surface area (Å²) >= 11 is 0. The third kappa shape index (κ3) is 5.07. The Hall–Kier alpha value is -2.38. The van der Waals surface area contributed by atoms with Crippen LogP contribution in [0.3, 0.4) is 0 Å². The molecule has 0 saturated carbocycles. The number of hydrogen-bond donors (Lipinski definition) is 3. The molecular weight excluding hydrogens is 326 g/mol. The molecule has 0 aliphatic carbocycles. The van der Waals surface area contributed by atoms with Crippen LogP contribution in [-0.4, -0.2) is 21.0 Å². The van der Waals surface area contributed by atoms with Crippen LogP contribution < -0.4 is 15.8 Å². The second kappa shape index (κ2) is 7.94. The van der Waals surface area contributed by atoms with Gasteiger partial charge in [-0.1, -0.05) is 43.3 Å². The minimum Gasteiger partial charge on any atom is -0.337 e. The lowest BCUT2D eigenvalue weighted by atomic mass is 9.97. The van der Waals surface area contributed by atoms with E-state index in [0.29, 0.717) is 12.2 Å². The number of carbonyl (C=O) groups excluding carboxylic acids is 1. The maximum absolute atomic E-state index is 12.0. The molecule has 0 aliphatic rings. The predicted molar refractivity (Wildman–Crippen MR) is 94.3 cm³/mol. The quantitative estimate of drug-likeness (QED) is 0.748. The Bertz CT molecular complexity index is 792. The number of nitrogens with two attached hydrogens (primary N) is 1. The molecule has 2 rings (SSSR count). The molecule has 2 amide bonds. The Kier molecular flexibility index (Phi) is 5.94. The van der Waals surface area contributed by atoms with Crippen LogP contribution in [0, 0.1) is 0 Å². The number of anilines is 1. The number of urea groups is 1. The molecule has 0 bridgehead atoms. The van der Waals surface area contributed by atoms with Crippen LogP contribution in [0.5, 0.6) is 0 Å². The van der Waals surface area contributed by atoms with Gasteiger partial charge in [-0.3, -0.25) is 0 Å². The lowest BCUT2D eigenvalue weighted by Gasteiger charge is -2.16. The molecule has 0 aliphatic heterocycles. The van der Waals surface area contributed by atoms with Crippen molar-refractivity contribution in [3.8, 4) is 0 Å². The van der Waals surface area contributed by atoms with Crippen LogP contribution in [-0.2, 0) is 10.0 Å². The van der Waals surface area contributed by atoms with Crippen molar-refractivity contribution in [2.24, 2.45) is 5.14 Å². The molecule has 1 atom stereocenters. The maximum atomic E-state index is 12.0. The lowest BCUT2D eigenvalue weighted by Crippen LogP contribution is -2.32. The van der Waals surface area contributed by atoms with Gasteiger partial charge in [-0.25, -0.2) is 18.4 Å². The Morgan fingerprint density at radius 2 is 1.83 bits per heavy atom. The molecule has 2 aromatic carbocycles. The fourth-order valence-corrected chi connectivity index (χ4v) is 2.92. The van der Waals surface area contributed by atoms with Crippen molar-refractivity contribution in [1.29, 1.82) is 0 Å². The molecule has 0 unspecified atom stereocenters. The van der Waals surface area contributed by atoms with Gasteiger partial charge in [-0.05, 0) is 30.2 Å². The van der Waals surface area contributed by atoms with Crippen LogP contribution in [0.15, 0.2) is 59.5 Å². The first-order valence-corrected chi connectivity index (χ1v) is 9.17. The van der Waals surface area contributed by atoms with Gasteiger partial charge in [0.25, 0.3) is 0 Å². The predicted octanol–water partition coefficient (Wildman–Crippen LogP) is 2.65. The Balaban J connectivity index is 1.96. The number of amides is 2. The van der Waals surface area contributed by atoms with Crippen molar-refractivity contribution in [2.75, 3.05) is 11.9 Å². The Morgan fingerprint density at radius 3 is 2.46 bits per heavy atom. The largest absolute Gasteiger partial charge is 0.337 e. The molecule has 24 heavy (non-hydrogen) atoms. The number of carbonyl (C=O) groups is 1. The minimum absolute atomic E-state index is 0.0454. The van der Waals surface area contributed by atoms with Crippen molar-refractivity contribution >= 4 is 21.7 Å². The molecule has 7 heteroatoms. The number of nitrogens with one attached hydrogen (secondary N) is 2. The smallest absolute Gasteiger partial charge is 0.319 e. The highest BCUT2D eigenvalue weighted by Crippen LogP contribution is 2.18. The van der Waals surface area contributed by atoms with Gasteiger partial charge in [0, 0.05) is 18.2 Å². The third-order valence-corrected chi connectivity index (χ3v) is 4.60. The summed E-state index contributed by atoms with van der Waals surface area (Å²) in [5.41, 5.74) is 1.53. The zero-order valence-corrected chi connectivity index (χ0v) is 14.2. The average Bonchev–Trinajstić information content (AvgIpc) is 2.56. The van der Waals surface area contributed by atoms with E-state index in [1.165, 1.54) is 18.2 Å². The number of sulfonamides is 1. The Morgan fingerprint density at radius 1 is 1.12 bits per heavy atom. The van der Waals surface area contributed by atoms with E-state index in [-0.39, 0.29) is 10.8 Å². The average molecular weight is 347 g/mol. The van der Waals surface area contributed by atoms with Gasteiger partial charge in [0.15, 0.2) is 0 Å². The zero-order chi connectivity index (χ0) is 17.6. The van der Waals surface area contributed by atoms with Crippen molar-refractivity contribution in [3.63, 3.8) is 0 Å². The van der Waals surface area contributed by atoms with Crippen LogP contribution >= 0.6 is 0 Å². The maximum Gasteiger partial charge on any atom is 0.319 e. The number of hydrogen-bond acceptors (Lipinski definition) is 3. The molecule has 6 nitrogen and oxygen atoms in total. The fraction of sp³-hybridized carbons (Fsp3) is 0.235. The number of primary sulfonamides is 1. The Labute approximate surface area is 142 Å². The SMILES string of the molecule is CC[C@@H](CNC(=O)Nc1cccc(S(N)(=O)=O)c1)c1ccccc1. The summed E-state index contributed by atoms with van der Waals surface area (Å²) in [6.45, 7) is 2.55. The van der Waals surface area contributed by atoms with Crippen LogP contribution in [0.1, 0.15) is 24.8 Å². The molecule has 0 saturated heterocycles. The van der Waals surface area contributed by atoms with Gasteiger partial charge < -0.3 is 10.6 Å². The summed E-state index contributed by atoms with van der Waals surface area (Å²) in [7, 11) is -3.80. The first kappa shape index (κ1) is 18.0. The molecule has 0 fully saturated rings. The van der Waals surface area contributed by atoms with Gasteiger partial charge in [0.05, 0.1) is 4.90 Å². The van der Waals surface area contributed by atoms with Crippen molar-refractivity contribution in [3.05, 3.63) is 60.2 Å². The van der Waals surface area contributed by atoms with Gasteiger partial charge >= 0.3 is 6.03 Å². The third-order valence-electron chi connectivity index (χ3n) is 3.69. The zero-order valence-electron chi connectivity index (χ0n) is 13.4. The summed E-state index contributed by atoms with van der Waals surface area (Å²) in [6.07, 6.45) is 0.894. The summed E-state index contributed by atoms with van der Waals surface area (Å²) < 4.78 is 22.7. The van der Waals surface area contributed by atoms with E-state index in [2.05, 4.69) is 17.6 Å². The van der Waals surface area contributed by atoms with E-state index in [1.807, 2.05) is 30.3 Å². The molecule has 0 aromatic heterocycles. The molecule has 0 heterocycles. The van der Waals surface area contributed by atoms with E-state index in [4.69, 9.17) is 5.14 Å². The summed E-state index contributed by atoms with van der Waals surface area (Å²) in [4.78, 5) is 12.0. The van der Waals surface area contributed by atoms with E-state index in [9.17, 15) is 13.2 Å². The molecule has 2 aromatic rings. The number of benzene rings is 2. The molecular formula is C17H21N3O3S. The molecule has 0 radical (unpaired) electrons. The van der Waals surface area contributed by atoms with Gasteiger partial charge in [-0.2, -0.15) is 0 Å². The molecule has 128 valence electrons. The highest BCUT2D eigenvalue weighted by atomic mass is 32.2. The standard InChI is InChI=1S/C17H21N3O3S/c1-2-13(14-7-4-3-5-8-14)12-19-17(21)20-15-9-6-10-16(11-15)24(18,22)23/h3-11,13H,2,12H2,1H3,(H2,18,22,23)(H2,19,20,21)/t13-/m0/s1. The van der Waals surface area contributed by atoms with Crippen LogP contribution in [0.4, 0.5) is 10.5 Å². The van der Waals surface area contributed by atoms with E-state index < -0.39 is 16.1 Å². The monoisotopic (exact) mass is 347 g/mol. The fourth-order valence-electron chi connectivity index (χ4n) is 2.37. The lowest BCUT2D eigenvalue weighted by molar-refractivity contribution is 0.251. The molecule has 4 N–H and O–H groups in total. The second-order valence-electron chi connectivity index (χ2n) is 5.42. The minimum atomic E-state index is -3.80. The van der Waals surface area contributed by atoms with Crippen LogP contribution in [0.25, 0.3) is 0 Å². The van der Waals surface area contributed by atoms with Crippen molar-refractivity contribution in [1.82, 2.24) is 5.32 Å². The highest BCUT2D eigenvalue weighted by Gasteiger charge is 2.12. The van der Waals surface area contributed by atoms with Crippen LogP contribution in [0.2, 0.25) is 0 Å². The van der Waals surface area contributed by atoms with Gasteiger partial charge in [0.1, 0.15) is 0 Å². The van der Waals surface area contributed by atoms with Crippen molar-refractivity contribution < 1.29 is 13.2 Å². The first-order chi connectivity index (χ1) is 11.4. The van der Waals surface area contributed by atoms with E-state index in [0.717, 1.165) is 12.0 Å². The summed E-state index contributed by atoms with van der Waals surface area (Å²) in [5, 5.41) is 10.5. The van der Waals surface area contributed by atoms with Gasteiger partial charge in [-0.15, -0.1) is 0 Å². The summed E-state index contributed by atoms with van der Waals surface area (Å²) in [6, 6.07) is 15.4. The second-order valence-corrected chi connectivity index (χ2v) is 6.99. The molecule has 0 spiro atoms. The van der Waals surface area contributed by atoms with Crippen molar-refractivity contribution in [2.45, 2.75) is 24.2 Å². The topological polar surface area (TPSA) is 101 Å². The normalized spacial score (nSPS) is 12.4.